The van der Waals surface area contributed by atoms with E-state index in [1.807, 2.05) is 0 Å². The third-order valence-electron chi connectivity index (χ3n) is 1.83. The minimum atomic E-state index is -0.805. The van der Waals surface area contributed by atoms with Gasteiger partial charge in [-0.15, -0.1) is 0 Å². The Balaban J connectivity index is 2.99. The monoisotopic (exact) mass is 236 g/mol. The Morgan fingerprint density at radius 1 is 1.12 bits per heavy atom. The van der Waals surface area contributed by atoms with E-state index in [2.05, 4.69) is 19.8 Å². The average molecular weight is 236 g/mol. The molecule has 0 saturated heterocycles. The van der Waals surface area contributed by atoms with E-state index in [-0.39, 0.29) is 5.84 Å². The number of amides is 2. The van der Waals surface area contributed by atoms with Crippen LogP contribution >= 0.6 is 0 Å². The molecule has 0 atom stereocenters. The first-order valence-electron chi connectivity index (χ1n) is 4.74. The number of ether oxygens (including phenoxy) is 2. The van der Waals surface area contributed by atoms with Crippen molar-refractivity contribution in [2.75, 3.05) is 14.2 Å². The topological polar surface area (TPSA) is 77.0 Å². The molecule has 1 rings (SSSR count). The van der Waals surface area contributed by atoms with Crippen molar-refractivity contribution in [3.63, 3.8) is 0 Å². The van der Waals surface area contributed by atoms with E-state index in [0.717, 1.165) is 0 Å². The van der Waals surface area contributed by atoms with Crippen LogP contribution in [-0.4, -0.2) is 32.2 Å². The van der Waals surface area contributed by atoms with Gasteiger partial charge >= 0.3 is 12.2 Å². The molecule has 0 aliphatic carbocycles. The number of rotatable bonds is 1. The number of hydrogen-bond acceptors (Lipinski definition) is 4. The van der Waals surface area contributed by atoms with E-state index in [9.17, 15) is 9.59 Å². The molecule has 6 nitrogen and oxygen atoms in total. The number of hydrogen-bond donors (Lipinski definition) is 1. The summed E-state index contributed by atoms with van der Waals surface area (Å²) in [4.78, 5) is 25.8. The number of methoxy groups -OCH3 is 2. The maximum absolute atomic E-state index is 11.1. The highest BCUT2D eigenvalue weighted by molar-refractivity contribution is 6.09. The van der Waals surface area contributed by atoms with Gasteiger partial charge in [0.1, 0.15) is 5.84 Å². The molecule has 6 heteroatoms. The normalized spacial score (nSPS) is 10.6. The lowest BCUT2D eigenvalue weighted by Crippen LogP contribution is -2.31. The third-order valence-corrected chi connectivity index (χ3v) is 1.83. The molecule has 0 aliphatic heterocycles. The Morgan fingerprint density at radius 3 is 2.29 bits per heavy atom. The first-order chi connectivity index (χ1) is 8.17. The lowest BCUT2D eigenvalue weighted by atomic mass is 10.2. The van der Waals surface area contributed by atoms with Gasteiger partial charge in [0.05, 0.1) is 14.2 Å². The SMILES string of the molecule is COC(=O)N=C(NC(=O)OC)c1ccccc1. The number of carbonyl (C=O) groups is 2. The van der Waals surface area contributed by atoms with E-state index < -0.39 is 12.2 Å². The molecule has 1 aromatic carbocycles. The number of nitrogens with one attached hydrogen (secondary N) is 1. The number of benzene rings is 1. The number of carbonyl (C=O) groups excluding carboxylic acids is 2. The molecule has 0 aliphatic rings. The Bertz CT molecular complexity index is 428. The summed E-state index contributed by atoms with van der Waals surface area (Å²) in [6.07, 6.45) is -1.52. The molecular weight excluding hydrogens is 224 g/mol. The molecular formula is C11H12N2O4. The molecule has 0 spiro atoms. The lowest BCUT2D eigenvalue weighted by molar-refractivity contribution is 0.176. The Labute approximate surface area is 98.3 Å². The molecule has 1 N–H and O–H groups in total. The molecule has 0 saturated carbocycles. The van der Waals surface area contributed by atoms with Crippen LogP contribution in [0.15, 0.2) is 35.3 Å². The van der Waals surface area contributed by atoms with Crippen LogP contribution in [0.2, 0.25) is 0 Å². The van der Waals surface area contributed by atoms with Crippen molar-refractivity contribution < 1.29 is 19.1 Å². The van der Waals surface area contributed by atoms with E-state index in [0.29, 0.717) is 5.56 Å². The second-order valence-electron chi connectivity index (χ2n) is 2.91. The molecule has 0 heterocycles. The van der Waals surface area contributed by atoms with Crippen molar-refractivity contribution in [1.29, 1.82) is 0 Å². The summed E-state index contributed by atoms with van der Waals surface area (Å²) in [5.74, 6) is 0.0734. The largest absolute Gasteiger partial charge is 0.453 e. The number of alkyl carbamates (subject to hydrolysis) is 1. The summed E-state index contributed by atoms with van der Waals surface area (Å²) >= 11 is 0. The van der Waals surface area contributed by atoms with Crippen LogP contribution in [0.25, 0.3) is 0 Å². The number of amidine groups is 1. The minimum Gasteiger partial charge on any atom is -0.453 e. The summed E-state index contributed by atoms with van der Waals surface area (Å²) in [6, 6.07) is 8.69. The predicted molar refractivity (Wildman–Crippen MR) is 60.9 cm³/mol. The predicted octanol–water partition coefficient (Wildman–Crippen LogP) is 1.56. The van der Waals surface area contributed by atoms with Gasteiger partial charge in [-0.2, -0.15) is 4.99 Å². The van der Waals surface area contributed by atoms with E-state index in [1.165, 1.54) is 14.2 Å². The lowest BCUT2D eigenvalue weighted by Gasteiger charge is -2.06. The van der Waals surface area contributed by atoms with Crippen LogP contribution in [0.3, 0.4) is 0 Å². The number of nitrogens with zero attached hydrogens (tertiary/aromatic N) is 1. The molecule has 0 unspecified atom stereocenters. The fraction of sp³-hybridized carbons (Fsp3) is 0.182. The standard InChI is InChI=1S/C11H12N2O4/c1-16-10(14)12-9(13-11(15)17-2)8-6-4-3-5-7-8/h3-7H,1-2H3,(H,12,13,14,15). The first-order valence-corrected chi connectivity index (χ1v) is 4.74. The third kappa shape index (κ3) is 3.94. The van der Waals surface area contributed by atoms with Gasteiger partial charge in [-0.05, 0) is 0 Å². The first kappa shape index (κ1) is 12.7. The van der Waals surface area contributed by atoms with Gasteiger partial charge in [-0.3, -0.25) is 5.32 Å². The zero-order valence-corrected chi connectivity index (χ0v) is 9.47. The Kier molecular flexibility index (Phi) is 4.68. The summed E-state index contributed by atoms with van der Waals surface area (Å²) < 4.78 is 8.83. The van der Waals surface area contributed by atoms with Crippen molar-refractivity contribution >= 4 is 18.0 Å². The van der Waals surface area contributed by atoms with Crippen molar-refractivity contribution in [3.8, 4) is 0 Å². The van der Waals surface area contributed by atoms with E-state index in [4.69, 9.17) is 0 Å². The highest BCUT2D eigenvalue weighted by Gasteiger charge is 2.10. The van der Waals surface area contributed by atoms with Gasteiger partial charge in [-0.25, -0.2) is 9.59 Å². The van der Waals surface area contributed by atoms with Crippen LogP contribution in [0.5, 0.6) is 0 Å². The van der Waals surface area contributed by atoms with Gasteiger partial charge < -0.3 is 9.47 Å². The molecule has 1 aromatic rings. The highest BCUT2D eigenvalue weighted by atomic mass is 16.5. The van der Waals surface area contributed by atoms with E-state index in [1.54, 1.807) is 30.3 Å². The Hall–Kier alpha value is -2.37. The van der Waals surface area contributed by atoms with Gasteiger partial charge in [-0.1, -0.05) is 30.3 Å². The molecule has 0 radical (unpaired) electrons. The van der Waals surface area contributed by atoms with Crippen molar-refractivity contribution in [1.82, 2.24) is 5.32 Å². The molecule has 0 fully saturated rings. The van der Waals surface area contributed by atoms with Crippen molar-refractivity contribution in [2.24, 2.45) is 4.99 Å². The van der Waals surface area contributed by atoms with Crippen LogP contribution in [0.4, 0.5) is 9.59 Å². The summed E-state index contributed by atoms with van der Waals surface area (Å²) in [5.41, 5.74) is 0.572. The second kappa shape index (κ2) is 6.26. The van der Waals surface area contributed by atoms with Crippen molar-refractivity contribution in [3.05, 3.63) is 35.9 Å². The van der Waals surface area contributed by atoms with Gasteiger partial charge in [0.2, 0.25) is 0 Å². The summed E-state index contributed by atoms with van der Waals surface area (Å²) in [6.45, 7) is 0. The minimum absolute atomic E-state index is 0.0734. The fourth-order valence-electron chi connectivity index (χ4n) is 1.05. The maximum atomic E-state index is 11.1. The second-order valence-corrected chi connectivity index (χ2v) is 2.91. The zero-order valence-electron chi connectivity index (χ0n) is 9.47. The number of aliphatic imine (C=N–C) groups is 1. The summed E-state index contributed by atoms with van der Waals surface area (Å²) in [7, 11) is 2.42. The maximum Gasteiger partial charge on any atom is 0.435 e. The average Bonchev–Trinajstić information content (AvgIpc) is 2.38. The van der Waals surface area contributed by atoms with Gasteiger partial charge in [0, 0.05) is 5.56 Å². The highest BCUT2D eigenvalue weighted by Crippen LogP contribution is 2.00. The zero-order chi connectivity index (χ0) is 12.7. The molecule has 2 amide bonds. The van der Waals surface area contributed by atoms with Crippen LogP contribution < -0.4 is 5.32 Å². The van der Waals surface area contributed by atoms with Crippen LogP contribution in [0, 0.1) is 0 Å². The molecule has 90 valence electrons. The van der Waals surface area contributed by atoms with Crippen LogP contribution in [0.1, 0.15) is 5.56 Å². The van der Waals surface area contributed by atoms with Crippen LogP contribution in [-0.2, 0) is 9.47 Å². The molecule has 17 heavy (non-hydrogen) atoms. The van der Waals surface area contributed by atoms with Gasteiger partial charge in [0.25, 0.3) is 0 Å². The Morgan fingerprint density at radius 2 is 1.76 bits per heavy atom. The smallest absolute Gasteiger partial charge is 0.435 e. The summed E-state index contributed by atoms with van der Waals surface area (Å²) in [5, 5.41) is 2.34. The van der Waals surface area contributed by atoms with Gasteiger partial charge in [0.15, 0.2) is 0 Å². The fourth-order valence-corrected chi connectivity index (χ4v) is 1.05. The van der Waals surface area contributed by atoms with E-state index >= 15 is 0 Å². The van der Waals surface area contributed by atoms with Crippen molar-refractivity contribution in [2.45, 2.75) is 0 Å². The molecule has 0 aromatic heterocycles. The molecule has 0 bridgehead atoms. The quantitative estimate of drug-likeness (QED) is 0.593.